The highest BCUT2D eigenvalue weighted by Crippen LogP contribution is 2.38. The van der Waals surface area contributed by atoms with Crippen LogP contribution in [0.4, 0.5) is 5.69 Å². The first-order valence-corrected chi connectivity index (χ1v) is 8.84. The Morgan fingerprint density at radius 1 is 1.22 bits per heavy atom. The van der Waals surface area contributed by atoms with Crippen molar-refractivity contribution in [2.75, 3.05) is 19.5 Å². The number of aromatic amines is 1. The van der Waals surface area contributed by atoms with Crippen LogP contribution in [0.15, 0.2) is 54.7 Å². The van der Waals surface area contributed by atoms with Crippen LogP contribution in [0.3, 0.4) is 0 Å². The van der Waals surface area contributed by atoms with Crippen LogP contribution >= 0.6 is 0 Å². The zero-order valence-corrected chi connectivity index (χ0v) is 15.2. The van der Waals surface area contributed by atoms with Gasteiger partial charge in [0, 0.05) is 30.9 Å². The number of benzene rings is 2. The van der Waals surface area contributed by atoms with E-state index in [4.69, 9.17) is 4.74 Å². The van der Waals surface area contributed by atoms with Crippen LogP contribution in [-0.2, 0) is 9.59 Å². The lowest BCUT2D eigenvalue weighted by Crippen LogP contribution is -2.30. The molecule has 1 saturated heterocycles. The van der Waals surface area contributed by atoms with E-state index in [1.807, 2.05) is 54.7 Å². The SMILES string of the molecule is COc1cccc([C@@H]2[C@H](C(=O)Nc3ccc4cc[nH]c4c3)CC(=O)N2C)c1. The van der Waals surface area contributed by atoms with E-state index in [0.29, 0.717) is 11.4 Å². The Morgan fingerprint density at radius 3 is 2.89 bits per heavy atom. The second-order valence-corrected chi connectivity index (χ2v) is 6.81. The number of methoxy groups -OCH3 is 1. The number of H-pyrrole nitrogens is 1. The molecule has 1 aliphatic heterocycles. The highest BCUT2D eigenvalue weighted by atomic mass is 16.5. The van der Waals surface area contributed by atoms with E-state index >= 15 is 0 Å². The summed E-state index contributed by atoms with van der Waals surface area (Å²) in [7, 11) is 3.34. The number of carbonyl (C=O) groups excluding carboxylic acids is 2. The molecule has 2 amide bonds. The third-order valence-electron chi connectivity index (χ3n) is 5.18. The van der Waals surface area contributed by atoms with E-state index in [1.165, 1.54) is 0 Å². The average Bonchev–Trinajstić information content (AvgIpc) is 3.26. The molecule has 3 aromatic rings. The summed E-state index contributed by atoms with van der Waals surface area (Å²) in [6.07, 6.45) is 2.05. The maximum atomic E-state index is 13.0. The largest absolute Gasteiger partial charge is 0.497 e. The summed E-state index contributed by atoms with van der Waals surface area (Å²) in [4.78, 5) is 30.1. The second kappa shape index (κ2) is 6.79. The number of rotatable bonds is 4. The van der Waals surface area contributed by atoms with Crippen molar-refractivity contribution < 1.29 is 14.3 Å². The number of aromatic nitrogens is 1. The third kappa shape index (κ3) is 3.14. The number of nitrogens with one attached hydrogen (secondary N) is 2. The van der Waals surface area contributed by atoms with Crippen molar-refractivity contribution >= 4 is 28.4 Å². The molecule has 0 spiro atoms. The lowest BCUT2D eigenvalue weighted by molar-refractivity contribution is -0.127. The van der Waals surface area contributed by atoms with Crippen LogP contribution in [0.2, 0.25) is 0 Å². The van der Waals surface area contributed by atoms with E-state index < -0.39 is 5.92 Å². The number of ether oxygens (including phenoxy) is 1. The maximum Gasteiger partial charge on any atom is 0.230 e. The normalized spacial score (nSPS) is 19.5. The molecule has 0 radical (unpaired) electrons. The number of hydrogen-bond donors (Lipinski definition) is 2. The lowest BCUT2D eigenvalue weighted by atomic mass is 9.92. The molecule has 1 aromatic heterocycles. The van der Waals surface area contributed by atoms with Gasteiger partial charge in [0.25, 0.3) is 0 Å². The van der Waals surface area contributed by atoms with Crippen LogP contribution in [-0.4, -0.2) is 35.9 Å². The predicted molar refractivity (Wildman–Crippen MR) is 104 cm³/mol. The first-order chi connectivity index (χ1) is 13.1. The van der Waals surface area contributed by atoms with E-state index in [1.54, 1.807) is 19.1 Å². The summed E-state index contributed by atoms with van der Waals surface area (Å²) in [5, 5.41) is 4.05. The number of nitrogens with zero attached hydrogens (tertiary/aromatic N) is 1. The minimum atomic E-state index is -0.464. The molecule has 2 aromatic carbocycles. The van der Waals surface area contributed by atoms with Gasteiger partial charge in [0.2, 0.25) is 11.8 Å². The molecule has 2 heterocycles. The minimum Gasteiger partial charge on any atom is -0.497 e. The molecule has 0 unspecified atom stereocenters. The fourth-order valence-electron chi connectivity index (χ4n) is 3.75. The monoisotopic (exact) mass is 363 g/mol. The van der Waals surface area contributed by atoms with Crippen molar-refractivity contribution in [3.63, 3.8) is 0 Å². The number of likely N-dealkylation sites (tertiary alicyclic amines) is 1. The highest BCUT2D eigenvalue weighted by molar-refractivity contribution is 5.99. The molecular weight excluding hydrogens is 342 g/mol. The number of anilines is 1. The topological polar surface area (TPSA) is 74.4 Å². The smallest absolute Gasteiger partial charge is 0.230 e. The van der Waals surface area contributed by atoms with Gasteiger partial charge >= 0.3 is 0 Å². The third-order valence-corrected chi connectivity index (χ3v) is 5.18. The van der Waals surface area contributed by atoms with Gasteiger partial charge in [-0.25, -0.2) is 0 Å². The first-order valence-electron chi connectivity index (χ1n) is 8.84. The Labute approximate surface area is 157 Å². The summed E-state index contributed by atoms with van der Waals surface area (Å²) in [6, 6.07) is 14.9. The van der Waals surface area contributed by atoms with Crippen molar-refractivity contribution in [3.8, 4) is 5.75 Å². The zero-order chi connectivity index (χ0) is 19.0. The van der Waals surface area contributed by atoms with Gasteiger partial charge in [-0.05, 0) is 41.3 Å². The first kappa shape index (κ1) is 17.1. The van der Waals surface area contributed by atoms with E-state index in [0.717, 1.165) is 16.5 Å². The van der Waals surface area contributed by atoms with Crippen LogP contribution in [0.5, 0.6) is 5.75 Å². The second-order valence-electron chi connectivity index (χ2n) is 6.81. The molecule has 6 nitrogen and oxygen atoms in total. The molecule has 1 fully saturated rings. The van der Waals surface area contributed by atoms with E-state index in [-0.39, 0.29) is 24.3 Å². The summed E-state index contributed by atoms with van der Waals surface area (Å²) in [6.45, 7) is 0. The van der Waals surface area contributed by atoms with E-state index in [9.17, 15) is 9.59 Å². The van der Waals surface area contributed by atoms with E-state index in [2.05, 4.69) is 10.3 Å². The van der Waals surface area contributed by atoms with Crippen molar-refractivity contribution in [1.29, 1.82) is 0 Å². The predicted octanol–water partition coefficient (Wildman–Crippen LogP) is 3.33. The molecule has 4 rings (SSSR count). The molecule has 0 saturated carbocycles. The Hall–Kier alpha value is -3.28. The minimum absolute atomic E-state index is 0.0391. The van der Waals surface area contributed by atoms with Crippen LogP contribution in [0.1, 0.15) is 18.0 Å². The van der Waals surface area contributed by atoms with Crippen molar-refractivity contribution in [3.05, 3.63) is 60.3 Å². The fraction of sp³-hybridized carbons (Fsp3) is 0.238. The molecule has 0 bridgehead atoms. The molecule has 2 N–H and O–H groups in total. The number of amides is 2. The van der Waals surface area contributed by atoms with Gasteiger partial charge in [-0.3, -0.25) is 9.59 Å². The van der Waals surface area contributed by atoms with Gasteiger partial charge in [-0.2, -0.15) is 0 Å². The maximum absolute atomic E-state index is 13.0. The van der Waals surface area contributed by atoms with Crippen LogP contribution < -0.4 is 10.1 Å². The van der Waals surface area contributed by atoms with Crippen LogP contribution in [0.25, 0.3) is 10.9 Å². The lowest BCUT2D eigenvalue weighted by Gasteiger charge is -2.25. The summed E-state index contributed by atoms with van der Waals surface area (Å²) in [5.74, 6) is 0.0414. The summed E-state index contributed by atoms with van der Waals surface area (Å²) < 4.78 is 5.29. The Morgan fingerprint density at radius 2 is 2.07 bits per heavy atom. The average molecular weight is 363 g/mol. The Kier molecular flexibility index (Phi) is 4.32. The highest BCUT2D eigenvalue weighted by Gasteiger charge is 2.42. The Bertz CT molecular complexity index is 1010. The molecule has 27 heavy (non-hydrogen) atoms. The molecule has 6 heteroatoms. The van der Waals surface area contributed by atoms with Crippen molar-refractivity contribution in [2.45, 2.75) is 12.5 Å². The van der Waals surface area contributed by atoms with Gasteiger partial charge in [0.15, 0.2) is 0 Å². The number of fused-ring (bicyclic) bond motifs is 1. The molecule has 0 aliphatic carbocycles. The van der Waals surface area contributed by atoms with Crippen LogP contribution in [0, 0.1) is 5.92 Å². The molecular formula is C21H21N3O3. The standard InChI is InChI=1S/C21H21N3O3/c1-24-19(25)12-17(20(24)14-4-3-5-16(10-14)27-2)21(26)23-15-7-6-13-8-9-22-18(13)11-15/h3-11,17,20,22H,12H2,1-2H3,(H,23,26)/t17-,20-/m1/s1. The Balaban J connectivity index is 1.61. The van der Waals surface area contributed by atoms with Gasteiger partial charge in [-0.15, -0.1) is 0 Å². The van der Waals surface area contributed by atoms with Gasteiger partial charge in [0.05, 0.1) is 19.1 Å². The van der Waals surface area contributed by atoms with Crippen molar-refractivity contribution in [1.82, 2.24) is 9.88 Å². The molecule has 138 valence electrons. The number of hydrogen-bond acceptors (Lipinski definition) is 3. The van der Waals surface area contributed by atoms with Crippen molar-refractivity contribution in [2.24, 2.45) is 5.92 Å². The summed E-state index contributed by atoms with van der Waals surface area (Å²) in [5.41, 5.74) is 2.56. The van der Waals surface area contributed by atoms with Gasteiger partial charge < -0.3 is 19.9 Å². The van der Waals surface area contributed by atoms with Gasteiger partial charge in [-0.1, -0.05) is 18.2 Å². The number of carbonyl (C=O) groups is 2. The zero-order valence-electron chi connectivity index (χ0n) is 15.2. The summed E-state index contributed by atoms with van der Waals surface area (Å²) >= 11 is 0. The quantitative estimate of drug-likeness (QED) is 0.747. The fourth-order valence-corrected chi connectivity index (χ4v) is 3.75. The molecule has 2 atom stereocenters. The van der Waals surface area contributed by atoms with Gasteiger partial charge in [0.1, 0.15) is 5.75 Å². The molecule has 1 aliphatic rings.